The van der Waals surface area contributed by atoms with E-state index in [0.717, 1.165) is 12.1 Å². The second-order valence-electron chi connectivity index (χ2n) is 8.04. The normalized spacial score (nSPS) is 18.5. The molecule has 1 fully saturated rings. The lowest BCUT2D eigenvalue weighted by atomic mass is 9.92. The first-order valence-electron chi connectivity index (χ1n) is 10.2. The summed E-state index contributed by atoms with van der Waals surface area (Å²) in [7, 11) is 0. The maximum atomic E-state index is 14.4. The van der Waals surface area contributed by atoms with E-state index < -0.39 is 29.3 Å². The highest BCUT2D eigenvalue weighted by Gasteiger charge is 2.43. The van der Waals surface area contributed by atoms with Crippen molar-refractivity contribution in [1.82, 2.24) is 10.2 Å². The van der Waals surface area contributed by atoms with E-state index in [4.69, 9.17) is 11.6 Å². The maximum absolute atomic E-state index is 14.4. The van der Waals surface area contributed by atoms with Crippen molar-refractivity contribution < 1.29 is 32.3 Å². The first kappa shape index (κ1) is 23.0. The van der Waals surface area contributed by atoms with Crippen molar-refractivity contribution in [3.05, 3.63) is 69.5 Å². The Morgan fingerprint density at radius 2 is 1.91 bits per heavy atom. The van der Waals surface area contributed by atoms with Crippen LogP contribution in [0.15, 0.2) is 36.4 Å². The molecule has 1 aliphatic heterocycles. The van der Waals surface area contributed by atoms with Crippen molar-refractivity contribution in [2.45, 2.75) is 44.3 Å². The van der Waals surface area contributed by atoms with Gasteiger partial charge in [-0.25, -0.2) is 4.39 Å². The van der Waals surface area contributed by atoms with E-state index in [1.54, 1.807) is 6.07 Å². The molecule has 0 saturated heterocycles. The van der Waals surface area contributed by atoms with Gasteiger partial charge in [-0.1, -0.05) is 23.7 Å². The van der Waals surface area contributed by atoms with Gasteiger partial charge in [-0.2, -0.15) is 8.78 Å². The Kier molecular flexibility index (Phi) is 6.00. The summed E-state index contributed by atoms with van der Waals surface area (Å²) in [6, 6.07) is 6.47. The van der Waals surface area contributed by atoms with Crippen molar-refractivity contribution in [2.75, 3.05) is 0 Å². The molecule has 4 rings (SSSR count). The van der Waals surface area contributed by atoms with Crippen molar-refractivity contribution in [3.8, 4) is 0 Å². The average Bonchev–Trinajstić information content (AvgIpc) is 3.07. The summed E-state index contributed by atoms with van der Waals surface area (Å²) in [5, 5.41) is 2.02. The second kappa shape index (κ2) is 8.62. The molecule has 33 heavy (non-hydrogen) atoms. The fourth-order valence-corrected chi connectivity index (χ4v) is 4.27. The Morgan fingerprint density at radius 1 is 1.15 bits per heavy atom. The molecule has 0 bridgehead atoms. The lowest BCUT2D eigenvalue weighted by Crippen LogP contribution is -2.44. The van der Waals surface area contributed by atoms with Crippen LogP contribution in [0.25, 0.3) is 0 Å². The number of halogens is 4. The zero-order valence-corrected chi connectivity index (χ0v) is 17.9. The number of ketones is 2. The third-order valence-corrected chi connectivity index (χ3v) is 6.06. The number of fused-ring (bicyclic) bond motifs is 1. The minimum absolute atomic E-state index is 0.0734. The van der Waals surface area contributed by atoms with E-state index in [2.05, 4.69) is 5.32 Å². The molecular formula is C23H18ClF3N2O4. The smallest absolute Gasteiger partial charge is 0.346 e. The second-order valence-corrected chi connectivity index (χ2v) is 8.48. The quantitative estimate of drug-likeness (QED) is 0.666. The highest BCUT2D eigenvalue weighted by atomic mass is 35.5. The van der Waals surface area contributed by atoms with Crippen LogP contribution in [0.1, 0.15) is 46.3 Å². The van der Waals surface area contributed by atoms with Crippen LogP contribution < -0.4 is 5.32 Å². The van der Waals surface area contributed by atoms with Gasteiger partial charge in [0.05, 0.1) is 18.0 Å². The fourth-order valence-electron chi connectivity index (χ4n) is 4.11. The van der Waals surface area contributed by atoms with Crippen LogP contribution in [-0.2, 0) is 33.4 Å². The number of amides is 2. The molecule has 0 radical (unpaired) electrons. The molecule has 0 spiro atoms. The Labute approximate surface area is 191 Å². The largest absolute Gasteiger partial charge is 0.352 e. The molecule has 1 unspecified atom stereocenters. The Morgan fingerprint density at radius 3 is 2.61 bits per heavy atom. The molecule has 6 nitrogen and oxygen atoms in total. The third kappa shape index (κ3) is 4.37. The van der Waals surface area contributed by atoms with Gasteiger partial charge in [0.15, 0.2) is 5.78 Å². The number of hydrogen-bond acceptors (Lipinski definition) is 4. The number of rotatable bonds is 5. The van der Waals surface area contributed by atoms with Crippen molar-refractivity contribution in [3.63, 3.8) is 0 Å². The number of carbonyl (C=O) groups is 4. The SMILES string of the molecule is O=C1CCC(N2Cc3cc(CNC(=O)C(F)(F)c4ccc(Cl)cc4F)ccc3C2=O)C(=O)C1. The summed E-state index contributed by atoms with van der Waals surface area (Å²) in [6.07, 6.45) is 0.317. The van der Waals surface area contributed by atoms with E-state index >= 15 is 0 Å². The Balaban J connectivity index is 1.44. The van der Waals surface area contributed by atoms with Gasteiger partial charge in [-0.15, -0.1) is 0 Å². The molecule has 1 N–H and O–H groups in total. The lowest BCUT2D eigenvalue weighted by molar-refractivity contribution is -0.147. The summed E-state index contributed by atoms with van der Waals surface area (Å²) in [5.41, 5.74) is 0.333. The number of Topliss-reactive ketones (excluding diaryl/α,β-unsaturated/α-hetero) is 2. The van der Waals surface area contributed by atoms with Crippen LogP contribution in [0, 0.1) is 5.82 Å². The van der Waals surface area contributed by atoms with Gasteiger partial charge in [-0.3, -0.25) is 19.2 Å². The van der Waals surface area contributed by atoms with Crippen LogP contribution in [0.5, 0.6) is 0 Å². The van der Waals surface area contributed by atoms with E-state index in [9.17, 15) is 32.3 Å². The molecule has 1 saturated carbocycles. The zero-order chi connectivity index (χ0) is 23.9. The summed E-state index contributed by atoms with van der Waals surface area (Å²) in [5.74, 6) is -7.86. The highest BCUT2D eigenvalue weighted by Crippen LogP contribution is 2.32. The predicted octanol–water partition coefficient (Wildman–Crippen LogP) is 3.53. The summed E-state index contributed by atoms with van der Waals surface area (Å²) >= 11 is 5.57. The number of benzene rings is 2. The predicted molar refractivity (Wildman–Crippen MR) is 111 cm³/mol. The molecule has 10 heteroatoms. The van der Waals surface area contributed by atoms with Gasteiger partial charge in [0, 0.05) is 30.1 Å². The van der Waals surface area contributed by atoms with Crippen LogP contribution in [0.2, 0.25) is 5.02 Å². The monoisotopic (exact) mass is 478 g/mol. The number of nitrogens with zero attached hydrogens (tertiary/aromatic N) is 1. The Bertz CT molecular complexity index is 1180. The van der Waals surface area contributed by atoms with Gasteiger partial charge in [0.25, 0.3) is 11.8 Å². The summed E-state index contributed by atoms with van der Waals surface area (Å²) in [4.78, 5) is 49.9. The molecule has 1 aliphatic carbocycles. The third-order valence-electron chi connectivity index (χ3n) is 5.83. The molecular weight excluding hydrogens is 461 g/mol. The molecule has 2 amide bonds. The molecule has 2 aromatic rings. The van der Waals surface area contributed by atoms with E-state index in [0.29, 0.717) is 22.8 Å². The standard InChI is InChI=1S/C23H18ClF3N2O4/c24-14-2-5-17(18(25)8-14)23(26,27)22(33)28-10-12-1-4-16-13(7-12)11-29(21(16)32)19-6-3-15(30)9-20(19)31/h1-2,4-5,7-8,19H,3,6,9-11H2,(H,28,33). The van der Waals surface area contributed by atoms with E-state index in [1.807, 2.05) is 0 Å². The molecule has 1 atom stereocenters. The van der Waals surface area contributed by atoms with Gasteiger partial charge >= 0.3 is 5.92 Å². The first-order chi connectivity index (χ1) is 15.6. The molecule has 2 aliphatic rings. The summed E-state index contributed by atoms with van der Waals surface area (Å²) in [6.45, 7) is -0.130. The van der Waals surface area contributed by atoms with E-state index in [1.165, 1.54) is 17.0 Å². The minimum atomic E-state index is -4.11. The van der Waals surface area contributed by atoms with Crippen LogP contribution in [0.4, 0.5) is 13.2 Å². The summed E-state index contributed by atoms with van der Waals surface area (Å²) < 4.78 is 42.7. The number of carbonyl (C=O) groups excluding carboxylic acids is 4. The van der Waals surface area contributed by atoms with Gasteiger partial charge in [0.1, 0.15) is 11.6 Å². The first-order valence-corrected chi connectivity index (χ1v) is 10.5. The number of nitrogens with one attached hydrogen (secondary N) is 1. The van der Waals surface area contributed by atoms with Crippen LogP contribution in [0.3, 0.4) is 0 Å². The van der Waals surface area contributed by atoms with Crippen molar-refractivity contribution >= 4 is 35.0 Å². The van der Waals surface area contributed by atoms with Crippen LogP contribution >= 0.6 is 11.6 Å². The van der Waals surface area contributed by atoms with E-state index in [-0.39, 0.29) is 54.8 Å². The van der Waals surface area contributed by atoms with Crippen molar-refractivity contribution in [2.24, 2.45) is 0 Å². The topological polar surface area (TPSA) is 83.6 Å². The van der Waals surface area contributed by atoms with Gasteiger partial charge in [-0.05, 0) is 41.8 Å². The molecule has 2 aromatic carbocycles. The van der Waals surface area contributed by atoms with Gasteiger partial charge < -0.3 is 10.2 Å². The molecule has 0 aromatic heterocycles. The van der Waals surface area contributed by atoms with Gasteiger partial charge in [0.2, 0.25) is 0 Å². The molecule has 172 valence electrons. The molecule has 1 heterocycles. The Hall–Kier alpha value is -3.20. The zero-order valence-electron chi connectivity index (χ0n) is 17.2. The van der Waals surface area contributed by atoms with Crippen LogP contribution in [-0.4, -0.2) is 34.3 Å². The highest BCUT2D eigenvalue weighted by molar-refractivity contribution is 6.30. The lowest BCUT2D eigenvalue weighted by Gasteiger charge is -2.29. The fraction of sp³-hybridized carbons (Fsp3) is 0.304. The van der Waals surface area contributed by atoms with Crippen molar-refractivity contribution in [1.29, 1.82) is 0 Å². The number of hydrogen-bond donors (Lipinski definition) is 1. The number of alkyl halides is 2. The minimum Gasteiger partial charge on any atom is -0.346 e. The average molecular weight is 479 g/mol. The maximum Gasteiger partial charge on any atom is 0.352 e.